The summed E-state index contributed by atoms with van der Waals surface area (Å²) in [5, 5.41) is 0. The molecule has 1 amide bonds. The largest absolute Gasteiger partial charge is 0.336 e. The molecule has 0 bridgehead atoms. The fraction of sp³-hybridized carbons (Fsp3) is 0.500. The van der Waals surface area contributed by atoms with Crippen LogP contribution in [-0.2, 0) is 12.8 Å². The van der Waals surface area contributed by atoms with E-state index in [0.29, 0.717) is 6.04 Å². The molecule has 2 aromatic heterocycles. The van der Waals surface area contributed by atoms with Crippen LogP contribution in [0.15, 0.2) is 24.8 Å². The number of nitrogens with zero attached hydrogens (tertiary/aromatic N) is 3. The predicted octanol–water partition coefficient (Wildman–Crippen LogP) is 2.91. The highest BCUT2D eigenvalue weighted by atomic mass is 32.1. The molecule has 4 nitrogen and oxygen atoms in total. The van der Waals surface area contributed by atoms with Gasteiger partial charge in [-0.25, -0.2) is 4.98 Å². The number of carbonyl (C=O) groups excluding carboxylic acids is 1. The highest BCUT2D eigenvalue weighted by Crippen LogP contribution is 2.32. The molecule has 2 aromatic rings. The summed E-state index contributed by atoms with van der Waals surface area (Å²) >= 11 is 1.71. The van der Waals surface area contributed by atoms with Crippen molar-refractivity contribution in [3.63, 3.8) is 0 Å². The van der Waals surface area contributed by atoms with Gasteiger partial charge in [-0.05, 0) is 43.7 Å². The smallest absolute Gasteiger partial charge is 0.264 e. The number of aryl methyl sites for hydroxylation is 2. The Bertz CT molecular complexity index is 625. The SMILES string of the molecule is O=C(c1cc2c(s1)CCC2)N1CCC[C@@H](n2ccnc2)C1. The van der Waals surface area contributed by atoms with Gasteiger partial charge in [-0.3, -0.25) is 4.79 Å². The zero-order valence-electron chi connectivity index (χ0n) is 12.0. The molecule has 1 aliphatic carbocycles. The lowest BCUT2D eigenvalue weighted by atomic mass is 10.1. The molecule has 1 fully saturated rings. The van der Waals surface area contributed by atoms with Gasteiger partial charge in [-0.15, -0.1) is 11.3 Å². The van der Waals surface area contributed by atoms with Gasteiger partial charge in [0, 0.05) is 30.4 Å². The number of hydrogen-bond acceptors (Lipinski definition) is 3. The van der Waals surface area contributed by atoms with Crippen LogP contribution in [0.5, 0.6) is 0 Å². The minimum absolute atomic E-state index is 0.221. The number of carbonyl (C=O) groups is 1. The number of imidazole rings is 1. The third kappa shape index (κ3) is 2.39. The van der Waals surface area contributed by atoms with Crippen molar-refractivity contribution in [3.8, 4) is 0 Å². The summed E-state index contributed by atoms with van der Waals surface area (Å²) in [6, 6.07) is 2.51. The lowest BCUT2D eigenvalue weighted by molar-refractivity contribution is 0.0684. The first-order valence-electron chi connectivity index (χ1n) is 7.69. The maximum absolute atomic E-state index is 12.7. The lowest BCUT2D eigenvalue weighted by Gasteiger charge is -2.33. The molecule has 1 aliphatic heterocycles. The Morgan fingerprint density at radius 3 is 3.10 bits per heavy atom. The van der Waals surface area contributed by atoms with Gasteiger partial charge in [0.1, 0.15) is 0 Å². The quantitative estimate of drug-likeness (QED) is 0.855. The Morgan fingerprint density at radius 1 is 1.33 bits per heavy atom. The molecule has 3 heterocycles. The second kappa shape index (κ2) is 5.30. The number of likely N-dealkylation sites (tertiary alicyclic amines) is 1. The molecule has 110 valence electrons. The van der Waals surface area contributed by atoms with Crippen LogP contribution in [0.2, 0.25) is 0 Å². The summed E-state index contributed by atoms with van der Waals surface area (Å²) in [4.78, 5) is 21.2. The minimum Gasteiger partial charge on any atom is -0.336 e. The number of aromatic nitrogens is 2. The van der Waals surface area contributed by atoms with E-state index >= 15 is 0 Å². The Balaban J connectivity index is 1.51. The minimum atomic E-state index is 0.221. The van der Waals surface area contributed by atoms with Gasteiger partial charge in [-0.2, -0.15) is 0 Å². The molecule has 2 aliphatic rings. The van der Waals surface area contributed by atoms with Gasteiger partial charge in [0.05, 0.1) is 17.2 Å². The Hall–Kier alpha value is -1.62. The summed E-state index contributed by atoms with van der Waals surface area (Å²) in [6.45, 7) is 1.68. The Labute approximate surface area is 128 Å². The van der Waals surface area contributed by atoms with Crippen LogP contribution in [0.3, 0.4) is 0 Å². The van der Waals surface area contributed by atoms with Gasteiger partial charge in [0.25, 0.3) is 5.91 Å². The topological polar surface area (TPSA) is 38.1 Å². The van der Waals surface area contributed by atoms with Crippen molar-refractivity contribution in [1.29, 1.82) is 0 Å². The molecular weight excluding hydrogens is 282 g/mol. The van der Waals surface area contributed by atoms with Gasteiger partial charge in [-0.1, -0.05) is 0 Å². The van der Waals surface area contributed by atoms with Crippen LogP contribution in [0.25, 0.3) is 0 Å². The fourth-order valence-electron chi connectivity index (χ4n) is 3.46. The van der Waals surface area contributed by atoms with E-state index in [-0.39, 0.29) is 5.91 Å². The van der Waals surface area contributed by atoms with E-state index in [9.17, 15) is 4.79 Å². The van der Waals surface area contributed by atoms with Crippen LogP contribution >= 0.6 is 11.3 Å². The van der Waals surface area contributed by atoms with Crippen molar-refractivity contribution < 1.29 is 4.79 Å². The van der Waals surface area contributed by atoms with Crippen LogP contribution in [0.4, 0.5) is 0 Å². The molecule has 0 unspecified atom stereocenters. The zero-order chi connectivity index (χ0) is 14.2. The molecule has 0 saturated carbocycles. The number of piperidine rings is 1. The Morgan fingerprint density at radius 2 is 2.29 bits per heavy atom. The maximum atomic E-state index is 12.7. The number of thiophene rings is 1. The Kier molecular flexibility index (Phi) is 3.30. The van der Waals surface area contributed by atoms with E-state index in [1.807, 2.05) is 23.6 Å². The van der Waals surface area contributed by atoms with Gasteiger partial charge >= 0.3 is 0 Å². The number of hydrogen-bond donors (Lipinski definition) is 0. The summed E-state index contributed by atoms with van der Waals surface area (Å²) in [5.74, 6) is 0.221. The van der Waals surface area contributed by atoms with Gasteiger partial charge < -0.3 is 9.47 Å². The van der Waals surface area contributed by atoms with Crippen molar-refractivity contribution in [3.05, 3.63) is 40.1 Å². The molecule has 0 aromatic carbocycles. The van der Waals surface area contributed by atoms with Crippen molar-refractivity contribution in [2.45, 2.75) is 38.1 Å². The van der Waals surface area contributed by atoms with Gasteiger partial charge in [0.15, 0.2) is 0 Å². The van der Waals surface area contributed by atoms with E-state index in [1.54, 1.807) is 11.3 Å². The number of rotatable bonds is 2. The summed E-state index contributed by atoms with van der Waals surface area (Å²) < 4.78 is 2.13. The monoisotopic (exact) mass is 301 g/mol. The molecule has 21 heavy (non-hydrogen) atoms. The van der Waals surface area contributed by atoms with Crippen LogP contribution < -0.4 is 0 Å². The van der Waals surface area contributed by atoms with E-state index in [4.69, 9.17) is 0 Å². The van der Waals surface area contributed by atoms with Gasteiger partial charge in [0.2, 0.25) is 0 Å². The highest BCUT2D eigenvalue weighted by Gasteiger charge is 2.27. The number of amides is 1. The third-order valence-corrected chi connectivity index (χ3v) is 5.81. The number of fused-ring (bicyclic) bond motifs is 1. The highest BCUT2D eigenvalue weighted by molar-refractivity contribution is 7.14. The van der Waals surface area contributed by atoms with Crippen molar-refractivity contribution in [2.75, 3.05) is 13.1 Å². The summed E-state index contributed by atoms with van der Waals surface area (Å²) in [5.41, 5.74) is 1.41. The molecule has 5 heteroatoms. The molecule has 0 radical (unpaired) electrons. The maximum Gasteiger partial charge on any atom is 0.264 e. The van der Waals surface area contributed by atoms with Crippen molar-refractivity contribution >= 4 is 17.2 Å². The first kappa shape index (κ1) is 13.1. The standard InChI is InChI=1S/C16H19N3OS/c20-16(15-9-12-3-1-5-14(12)21-15)18-7-2-4-13(10-18)19-8-6-17-11-19/h6,8-9,11,13H,1-5,7,10H2/t13-/m1/s1. The van der Waals surface area contributed by atoms with Crippen LogP contribution in [0.1, 0.15) is 45.4 Å². The zero-order valence-corrected chi connectivity index (χ0v) is 12.8. The molecule has 0 spiro atoms. The average Bonchev–Trinajstić information content (AvgIpc) is 3.22. The molecule has 0 N–H and O–H groups in total. The van der Waals surface area contributed by atoms with Crippen LogP contribution in [-0.4, -0.2) is 33.4 Å². The molecular formula is C16H19N3OS. The van der Waals surface area contributed by atoms with Crippen molar-refractivity contribution in [2.24, 2.45) is 0 Å². The fourth-order valence-corrected chi connectivity index (χ4v) is 4.68. The third-order valence-electron chi connectivity index (χ3n) is 4.59. The second-order valence-corrected chi connectivity index (χ2v) is 7.11. The molecule has 4 rings (SSSR count). The predicted molar refractivity (Wildman–Crippen MR) is 82.7 cm³/mol. The molecule has 1 saturated heterocycles. The van der Waals surface area contributed by atoms with Crippen LogP contribution in [0, 0.1) is 0 Å². The molecule has 1 atom stereocenters. The second-order valence-electron chi connectivity index (χ2n) is 5.97. The van der Waals surface area contributed by atoms with E-state index in [2.05, 4.69) is 15.6 Å². The van der Waals surface area contributed by atoms with E-state index in [0.717, 1.165) is 43.6 Å². The van der Waals surface area contributed by atoms with E-state index in [1.165, 1.54) is 16.9 Å². The lowest BCUT2D eigenvalue weighted by Crippen LogP contribution is -2.40. The normalized spacial score (nSPS) is 21.5. The first-order valence-corrected chi connectivity index (χ1v) is 8.51. The van der Waals surface area contributed by atoms with E-state index < -0.39 is 0 Å². The summed E-state index contributed by atoms with van der Waals surface area (Å²) in [7, 11) is 0. The van der Waals surface area contributed by atoms with Crippen molar-refractivity contribution in [1.82, 2.24) is 14.5 Å². The average molecular weight is 301 g/mol. The first-order chi connectivity index (χ1) is 10.3. The summed E-state index contributed by atoms with van der Waals surface area (Å²) in [6.07, 6.45) is 11.4.